The predicted octanol–water partition coefficient (Wildman–Crippen LogP) is 3.06. The van der Waals surface area contributed by atoms with Crippen LogP contribution < -0.4 is 15.1 Å². The molecule has 1 aromatic heterocycles. The van der Waals surface area contributed by atoms with E-state index in [-0.39, 0.29) is 30.1 Å². The Balaban J connectivity index is 0.00000225. The fraction of sp³-hybridized carbons (Fsp3) is 0.429. The smallest absolute Gasteiger partial charge is 0.198 e. The number of ether oxygens (including phenoxy) is 1. The third kappa shape index (κ3) is 4.57. The number of nitrogens with one attached hydrogen (secondary N) is 1. The Bertz CT molecular complexity index is 811. The highest BCUT2D eigenvalue weighted by atomic mass is 127. The maximum Gasteiger partial charge on any atom is 0.198 e. The number of hydrogen-bond donors (Lipinski definition) is 1. The van der Waals surface area contributed by atoms with Crippen LogP contribution in [0.15, 0.2) is 47.6 Å². The fourth-order valence-electron chi connectivity index (χ4n) is 3.77. The van der Waals surface area contributed by atoms with Crippen molar-refractivity contribution in [2.75, 3.05) is 43.1 Å². The second-order valence-corrected chi connectivity index (χ2v) is 7.08. The van der Waals surface area contributed by atoms with Crippen molar-refractivity contribution in [1.29, 1.82) is 0 Å². The van der Waals surface area contributed by atoms with Crippen LogP contribution in [0.3, 0.4) is 0 Å². The molecular formula is C21H28IN5O. The van der Waals surface area contributed by atoms with Gasteiger partial charge in [0.15, 0.2) is 5.96 Å². The number of pyridine rings is 1. The van der Waals surface area contributed by atoms with Crippen molar-refractivity contribution in [1.82, 2.24) is 10.3 Å². The van der Waals surface area contributed by atoms with E-state index in [1.807, 2.05) is 13.2 Å². The molecule has 0 radical (unpaired) electrons. The van der Waals surface area contributed by atoms with Crippen molar-refractivity contribution in [3.8, 4) is 0 Å². The number of guanidine groups is 1. The van der Waals surface area contributed by atoms with E-state index in [0.29, 0.717) is 6.54 Å². The first-order valence-electron chi connectivity index (χ1n) is 9.62. The van der Waals surface area contributed by atoms with Crippen LogP contribution in [0.2, 0.25) is 0 Å². The van der Waals surface area contributed by atoms with E-state index in [0.717, 1.165) is 50.0 Å². The minimum Gasteiger partial charge on any atom is -0.375 e. The molecule has 1 fully saturated rings. The standard InChI is InChI=1S/C21H27N5O.HI/c1-16-15-25(11-12-27-16)20-8-7-17(13-23-20)14-24-21(22-2)26-10-9-18-5-3-4-6-19(18)26;/h3-8,13,16H,9-12,14-15H2,1-2H3,(H,22,24);1H. The zero-order valence-electron chi connectivity index (χ0n) is 16.5. The van der Waals surface area contributed by atoms with Crippen LogP contribution in [0.1, 0.15) is 18.1 Å². The lowest BCUT2D eigenvalue weighted by atomic mass is 10.2. The molecule has 0 bridgehead atoms. The van der Waals surface area contributed by atoms with E-state index in [1.54, 1.807) is 0 Å². The molecule has 1 N–H and O–H groups in total. The summed E-state index contributed by atoms with van der Waals surface area (Å²) in [5.74, 6) is 1.93. The molecule has 4 rings (SSSR count). The summed E-state index contributed by atoms with van der Waals surface area (Å²) < 4.78 is 5.61. The van der Waals surface area contributed by atoms with Crippen molar-refractivity contribution < 1.29 is 4.74 Å². The predicted molar refractivity (Wildman–Crippen MR) is 125 cm³/mol. The highest BCUT2D eigenvalue weighted by molar-refractivity contribution is 14.0. The molecule has 0 spiro atoms. The van der Waals surface area contributed by atoms with Crippen molar-refractivity contribution in [2.24, 2.45) is 4.99 Å². The van der Waals surface area contributed by atoms with Gasteiger partial charge in [-0.3, -0.25) is 4.99 Å². The first-order valence-corrected chi connectivity index (χ1v) is 9.62. The minimum absolute atomic E-state index is 0. The summed E-state index contributed by atoms with van der Waals surface area (Å²) in [5, 5.41) is 3.48. The van der Waals surface area contributed by atoms with Crippen LogP contribution in [0.25, 0.3) is 0 Å². The number of fused-ring (bicyclic) bond motifs is 1. The Morgan fingerprint density at radius 3 is 2.86 bits per heavy atom. The van der Waals surface area contributed by atoms with Gasteiger partial charge in [0, 0.05) is 45.1 Å². The number of para-hydroxylation sites is 1. The summed E-state index contributed by atoms with van der Waals surface area (Å²) in [6, 6.07) is 12.8. The molecule has 0 saturated carbocycles. The van der Waals surface area contributed by atoms with Crippen LogP contribution in [0.5, 0.6) is 0 Å². The molecule has 6 nitrogen and oxygen atoms in total. The Hall–Kier alpha value is -1.87. The third-order valence-corrected chi connectivity index (χ3v) is 5.18. The van der Waals surface area contributed by atoms with E-state index in [4.69, 9.17) is 4.74 Å². The molecule has 2 aliphatic heterocycles. The number of anilines is 2. The zero-order valence-corrected chi connectivity index (χ0v) is 18.8. The van der Waals surface area contributed by atoms with Gasteiger partial charge in [-0.05, 0) is 36.6 Å². The van der Waals surface area contributed by atoms with E-state index < -0.39 is 0 Å². The van der Waals surface area contributed by atoms with Gasteiger partial charge in [0.2, 0.25) is 0 Å². The molecule has 28 heavy (non-hydrogen) atoms. The van der Waals surface area contributed by atoms with Crippen LogP contribution in [0.4, 0.5) is 11.5 Å². The average Bonchev–Trinajstić information content (AvgIpc) is 3.13. The van der Waals surface area contributed by atoms with Gasteiger partial charge in [-0.25, -0.2) is 4.98 Å². The van der Waals surface area contributed by atoms with E-state index in [2.05, 4.69) is 68.4 Å². The molecule has 0 amide bonds. The normalized spacial score (nSPS) is 19.2. The maximum absolute atomic E-state index is 5.61. The first kappa shape index (κ1) is 20.9. The summed E-state index contributed by atoms with van der Waals surface area (Å²) in [7, 11) is 1.84. The largest absolute Gasteiger partial charge is 0.375 e. The third-order valence-electron chi connectivity index (χ3n) is 5.18. The summed E-state index contributed by atoms with van der Waals surface area (Å²) in [6.07, 6.45) is 3.27. The number of rotatable bonds is 3. The van der Waals surface area contributed by atoms with Crippen LogP contribution in [0, 0.1) is 0 Å². The molecular weight excluding hydrogens is 465 g/mol. The Morgan fingerprint density at radius 1 is 1.25 bits per heavy atom. The number of aromatic nitrogens is 1. The summed E-state index contributed by atoms with van der Waals surface area (Å²) in [6.45, 7) is 6.33. The molecule has 2 aliphatic rings. The molecule has 0 aliphatic carbocycles. The topological polar surface area (TPSA) is 53.0 Å². The van der Waals surface area contributed by atoms with E-state index >= 15 is 0 Å². The molecule has 7 heteroatoms. The van der Waals surface area contributed by atoms with E-state index in [1.165, 1.54) is 11.3 Å². The lowest BCUT2D eigenvalue weighted by Crippen LogP contribution is -2.41. The van der Waals surface area contributed by atoms with Gasteiger partial charge in [-0.1, -0.05) is 24.3 Å². The fourth-order valence-corrected chi connectivity index (χ4v) is 3.77. The summed E-state index contributed by atoms with van der Waals surface area (Å²) in [5.41, 5.74) is 3.78. The maximum atomic E-state index is 5.61. The summed E-state index contributed by atoms with van der Waals surface area (Å²) >= 11 is 0. The monoisotopic (exact) mass is 493 g/mol. The number of benzene rings is 1. The molecule has 150 valence electrons. The van der Waals surface area contributed by atoms with Crippen LogP contribution in [-0.4, -0.2) is 50.3 Å². The summed E-state index contributed by atoms with van der Waals surface area (Å²) in [4.78, 5) is 13.7. The first-order chi connectivity index (χ1) is 13.2. The van der Waals surface area contributed by atoms with Crippen molar-refractivity contribution in [3.05, 3.63) is 53.7 Å². The van der Waals surface area contributed by atoms with Crippen molar-refractivity contribution in [3.63, 3.8) is 0 Å². The zero-order chi connectivity index (χ0) is 18.6. The minimum atomic E-state index is 0. The molecule has 2 aromatic rings. The number of halogens is 1. The molecule has 1 aromatic carbocycles. The number of hydrogen-bond acceptors (Lipinski definition) is 4. The molecule has 1 saturated heterocycles. The molecule has 1 unspecified atom stereocenters. The van der Waals surface area contributed by atoms with E-state index in [9.17, 15) is 0 Å². The second-order valence-electron chi connectivity index (χ2n) is 7.08. The Morgan fingerprint density at radius 2 is 2.11 bits per heavy atom. The van der Waals surface area contributed by atoms with Gasteiger partial charge in [0.1, 0.15) is 5.82 Å². The Kier molecular flexibility index (Phi) is 7.12. The average molecular weight is 493 g/mol. The Labute approximate surface area is 184 Å². The highest BCUT2D eigenvalue weighted by Gasteiger charge is 2.22. The molecule has 1 atom stereocenters. The lowest BCUT2D eigenvalue weighted by Gasteiger charge is -2.32. The van der Waals surface area contributed by atoms with Crippen molar-refractivity contribution >= 4 is 41.4 Å². The van der Waals surface area contributed by atoms with Gasteiger partial charge in [-0.2, -0.15) is 0 Å². The number of nitrogens with zero attached hydrogens (tertiary/aromatic N) is 4. The van der Waals surface area contributed by atoms with Crippen LogP contribution in [-0.2, 0) is 17.7 Å². The lowest BCUT2D eigenvalue weighted by molar-refractivity contribution is 0.0529. The van der Waals surface area contributed by atoms with Gasteiger partial charge in [0.25, 0.3) is 0 Å². The van der Waals surface area contributed by atoms with Crippen molar-refractivity contribution in [2.45, 2.75) is 26.0 Å². The second kappa shape index (κ2) is 9.56. The number of morpholine rings is 1. The van der Waals surface area contributed by atoms with Gasteiger partial charge in [0.05, 0.1) is 12.7 Å². The van der Waals surface area contributed by atoms with Gasteiger partial charge >= 0.3 is 0 Å². The highest BCUT2D eigenvalue weighted by Crippen LogP contribution is 2.27. The molecule has 3 heterocycles. The van der Waals surface area contributed by atoms with Crippen LogP contribution >= 0.6 is 24.0 Å². The quantitative estimate of drug-likeness (QED) is 0.405. The van der Waals surface area contributed by atoms with Gasteiger partial charge in [-0.15, -0.1) is 24.0 Å². The SMILES string of the molecule is CN=C(NCc1ccc(N2CCOC(C)C2)nc1)N1CCc2ccccc21.I. The number of aliphatic imine (C=N–C) groups is 1. The van der Waals surface area contributed by atoms with Gasteiger partial charge < -0.3 is 19.9 Å².